The minimum atomic E-state index is -0.350. The summed E-state index contributed by atoms with van der Waals surface area (Å²) >= 11 is 0. The first kappa shape index (κ1) is 15.4. The highest BCUT2D eigenvalue weighted by Crippen LogP contribution is 2.24. The maximum absolute atomic E-state index is 14.3. The van der Waals surface area contributed by atoms with Crippen LogP contribution in [-0.4, -0.2) is 42.6 Å². The fraction of sp³-hybridized carbons (Fsp3) is 0.294. The van der Waals surface area contributed by atoms with E-state index in [4.69, 9.17) is 0 Å². The van der Waals surface area contributed by atoms with Crippen LogP contribution in [0.5, 0.6) is 0 Å². The van der Waals surface area contributed by atoms with Gasteiger partial charge in [0.1, 0.15) is 5.82 Å². The Bertz CT molecular complexity index is 683. The van der Waals surface area contributed by atoms with Crippen LogP contribution < -0.4 is 9.80 Å². The van der Waals surface area contributed by atoms with Crippen molar-refractivity contribution in [2.45, 2.75) is 6.61 Å². The number of pyridine rings is 1. The third-order valence-corrected chi connectivity index (χ3v) is 4.08. The van der Waals surface area contributed by atoms with E-state index in [1.807, 2.05) is 11.0 Å². The second-order valence-electron chi connectivity index (χ2n) is 5.45. The minimum absolute atomic E-state index is 0.299. The minimum Gasteiger partial charge on any atom is -0.392 e. The summed E-state index contributed by atoms with van der Waals surface area (Å²) < 4.78 is 14.3. The summed E-state index contributed by atoms with van der Waals surface area (Å²) in [5, 5.41) is 9.17. The molecule has 1 aliphatic rings. The third-order valence-electron chi connectivity index (χ3n) is 4.08. The van der Waals surface area contributed by atoms with Gasteiger partial charge >= 0.3 is 0 Å². The number of benzene rings is 1. The van der Waals surface area contributed by atoms with Crippen molar-refractivity contribution in [1.82, 2.24) is 4.98 Å². The van der Waals surface area contributed by atoms with Gasteiger partial charge in [0.05, 0.1) is 12.3 Å². The topological polar surface area (TPSA) is 56.7 Å². The Hall–Kier alpha value is -2.47. The molecule has 23 heavy (non-hydrogen) atoms. The van der Waals surface area contributed by atoms with Crippen molar-refractivity contribution in [2.24, 2.45) is 0 Å². The molecule has 1 aromatic carbocycles. The van der Waals surface area contributed by atoms with Gasteiger partial charge in [-0.2, -0.15) is 0 Å². The molecule has 0 unspecified atom stereocenters. The Labute approximate surface area is 134 Å². The highest BCUT2D eigenvalue weighted by molar-refractivity contribution is 5.74. The van der Waals surface area contributed by atoms with Crippen molar-refractivity contribution in [3.63, 3.8) is 0 Å². The van der Waals surface area contributed by atoms with E-state index < -0.39 is 0 Å². The molecule has 0 spiro atoms. The van der Waals surface area contributed by atoms with Gasteiger partial charge in [0, 0.05) is 43.5 Å². The molecule has 0 amide bonds. The second-order valence-corrected chi connectivity index (χ2v) is 5.45. The number of carbonyl (C=O) groups is 1. The molecule has 120 valence electrons. The largest absolute Gasteiger partial charge is 0.392 e. The molecule has 6 heteroatoms. The van der Waals surface area contributed by atoms with Gasteiger partial charge in [-0.15, -0.1) is 0 Å². The zero-order chi connectivity index (χ0) is 16.2. The number of aliphatic hydroxyl groups excluding tert-OH is 1. The quantitative estimate of drug-likeness (QED) is 0.873. The molecule has 0 saturated carbocycles. The van der Waals surface area contributed by atoms with Crippen LogP contribution in [0.3, 0.4) is 0 Å². The lowest BCUT2D eigenvalue weighted by Crippen LogP contribution is -2.47. The van der Waals surface area contributed by atoms with Gasteiger partial charge in [-0.1, -0.05) is 12.1 Å². The Morgan fingerprint density at radius 3 is 2.48 bits per heavy atom. The van der Waals surface area contributed by atoms with E-state index in [0.717, 1.165) is 25.2 Å². The van der Waals surface area contributed by atoms with Crippen LogP contribution in [0.15, 0.2) is 36.5 Å². The monoisotopic (exact) mass is 315 g/mol. The standard InChI is InChI=1S/C17H18FN3O2/c18-17-14(12-23)2-1-3-15(17)20-6-8-21(9-7-20)16-5-4-13(11-22)10-19-16/h1-5,10-11,23H,6-9,12H2. The van der Waals surface area contributed by atoms with E-state index in [2.05, 4.69) is 9.88 Å². The highest BCUT2D eigenvalue weighted by atomic mass is 19.1. The van der Waals surface area contributed by atoms with Gasteiger partial charge < -0.3 is 14.9 Å². The summed E-state index contributed by atoms with van der Waals surface area (Å²) in [6, 6.07) is 8.66. The van der Waals surface area contributed by atoms with Crippen LogP contribution in [0.2, 0.25) is 0 Å². The van der Waals surface area contributed by atoms with Crippen molar-refractivity contribution in [2.75, 3.05) is 36.0 Å². The van der Waals surface area contributed by atoms with Crippen LogP contribution in [0, 0.1) is 5.82 Å². The lowest BCUT2D eigenvalue weighted by molar-refractivity contribution is 0.112. The maximum Gasteiger partial charge on any atom is 0.151 e. The Kier molecular flexibility index (Phi) is 4.52. The van der Waals surface area contributed by atoms with Crippen LogP contribution in [0.25, 0.3) is 0 Å². The number of nitrogens with zero attached hydrogens (tertiary/aromatic N) is 3. The Morgan fingerprint density at radius 2 is 1.87 bits per heavy atom. The normalized spacial score (nSPS) is 14.9. The summed E-state index contributed by atoms with van der Waals surface area (Å²) in [7, 11) is 0. The van der Waals surface area contributed by atoms with E-state index in [1.54, 1.807) is 30.5 Å². The van der Waals surface area contributed by atoms with Gasteiger partial charge in [-0.25, -0.2) is 9.37 Å². The number of halogens is 1. The number of aromatic nitrogens is 1. The fourth-order valence-corrected chi connectivity index (χ4v) is 2.76. The lowest BCUT2D eigenvalue weighted by Gasteiger charge is -2.37. The summed E-state index contributed by atoms with van der Waals surface area (Å²) in [6.07, 6.45) is 2.32. The number of aldehydes is 1. The average Bonchev–Trinajstić information content (AvgIpc) is 2.62. The number of anilines is 2. The number of hydrogen-bond acceptors (Lipinski definition) is 5. The van der Waals surface area contributed by atoms with Gasteiger partial charge in [0.25, 0.3) is 0 Å². The Balaban J connectivity index is 1.69. The van der Waals surface area contributed by atoms with E-state index >= 15 is 0 Å². The molecular formula is C17H18FN3O2. The maximum atomic E-state index is 14.3. The number of hydrogen-bond donors (Lipinski definition) is 1. The molecule has 1 fully saturated rings. The molecule has 2 heterocycles. The number of aliphatic hydroxyl groups is 1. The molecule has 5 nitrogen and oxygen atoms in total. The van der Waals surface area contributed by atoms with Crippen LogP contribution in [0.4, 0.5) is 15.9 Å². The molecule has 0 aliphatic carbocycles. The van der Waals surface area contributed by atoms with Crippen LogP contribution >= 0.6 is 0 Å². The van der Waals surface area contributed by atoms with Gasteiger partial charge in [0.2, 0.25) is 0 Å². The number of rotatable bonds is 4. The molecule has 1 aliphatic heterocycles. The second kappa shape index (κ2) is 6.75. The van der Waals surface area contributed by atoms with Gasteiger partial charge in [-0.05, 0) is 18.2 Å². The zero-order valence-electron chi connectivity index (χ0n) is 12.7. The highest BCUT2D eigenvalue weighted by Gasteiger charge is 2.21. The summed E-state index contributed by atoms with van der Waals surface area (Å²) in [5.74, 6) is 0.469. The summed E-state index contributed by atoms with van der Waals surface area (Å²) in [5.41, 5.74) is 1.40. The molecule has 1 saturated heterocycles. The van der Waals surface area contributed by atoms with Crippen molar-refractivity contribution in [3.8, 4) is 0 Å². The first-order valence-corrected chi connectivity index (χ1v) is 7.52. The van der Waals surface area contributed by atoms with Crippen LogP contribution in [-0.2, 0) is 6.61 Å². The van der Waals surface area contributed by atoms with Crippen molar-refractivity contribution in [1.29, 1.82) is 0 Å². The summed E-state index contributed by atoms with van der Waals surface area (Å²) in [4.78, 5) is 19.0. The third kappa shape index (κ3) is 3.17. The molecule has 0 radical (unpaired) electrons. The van der Waals surface area contributed by atoms with E-state index in [9.17, 15) is 14.3 Å². The van der Waals surface area contributed by atoms with Gasteiger partial charge in [-0.3, -0.25) is 4.79 Å². The number of piperazine rings is 1. The first-order chi connectivity index (χ1) is 11.2. The zero-order valence-corrected chi connectivity index (χ0v) is 12.7. The van der Waals surface area contributed by atoms with Crippen molar-refractivity contribution in [3.05, 3.63) is 53.5 Å². The van der Waals surface area contributed by atoms with Crippen molar-refractivity contribution >= 4 is 17.8 Å². The predicted octanol–water partition coefficient (Wildman–Crippen LogP) is 1.85. The summed E-state index contributed by atoms with van der Waals surface area (Å²) in [6.45, 7) is 2.48. The molecule has 2 aromatic rings. The molecule has 0 atom stereocenters. The van der Waals surface area contributed by atoms with Gasteiger partial charge in [0.15, 0.2) is 12.1 Å². The molecule has 3 rings (SSSR count). The van der Waals surface area contributed by atoms with Crippen molar-refractivity contribution < 1.29 is 14.3 Å². The molecule has 0 bridgehead atoms. The fourth-order valence-electron chi connectivity index (χ4n) is 2.76. The smallest absolute Gasteiger partial charge is 0.151 e. The lowest BCUT2D eigenvalue weighted by atomic mass is 10.1. The SMILES string of the molecule is O=Cc1ccc(N2CCN(c3cccc(CO)c3F)CC2)nc1. The average molecular weight is 315 g/mol. The molecule has 1 aromatic heterocycles. The van der Waals surface area contributed by atoms with Crippen LogP contribution in [0.1, 0.15) is 15.9 Å². The first-order valence-electron chi connectivity index (χ1n) is 7.52. The van der Waals surface area contributed by atoms with E-state index in [1.165, 1.54) is 0 Å². The molecule has 1 N–H and O–H groups in total. The van der Waals surface area contributed by atoms with E-state index in [-0.39, 0.29) is 12.4 Å². The Morgan fingerprint density at radius 1 is 1.13 bits per heavy atom. The molecular weight excluding hydrogens is 297 g/mol. The number of carbonyl (C=O) groups excluding carboxylic acids is 1. The van der Waals surface area contributed by atoms with E-state index in [0.29, 0.717) is 29.9 Å². The predicted molar refractivity (Wildman–Crippen MR) is 86.4 cm³/mol.